The van der Waals surface area contributed by atoms with Gasteiger partial charge >= 0.3 is 0 Å². The number of carbonyl (C=O) groups is 2. The zero-order valence-corrected chi connectivity index (χ0v) is 12.5. The molecule has 0 heterocycles. The highest BCUT2D eigenvalue weighted by Crippen LogP contribution is 2.11. The number of aliphatic hydroxyl groups excluding tert-OH is 1. The van der Waals surface area contributed by atoms with Crippen LogP contribution in [0, 0.1) is 0 Å². The van der Waals surface area contributed by atoms with Gasteiger partial charge in [-0.05, 0) is 18.2 Å². The van der Waals surface area contributed by atoms with Crippen LogP contribution in [0.3, 0.4) is 0 Å². The van der Waals surface area contributed by atoms with E-state index in [0.717, 1.165) is 4.47 Å². The standard InChI is InChI=1S/C13H17BrN2O4/c14-11-3-1-2-10(8-11)13(19)16-9-12(18)15-4-6-20-7-5-17/h1-3,8,17H,4-7,9H2,(H,15,18)(H,16,19). The van der Waals surface area contributed by atoms with Gasteiger partial charge in [-0.1, -0.05) is 22.0 Å². The predicted octanol–water partition coefficient (Wildman–Crippen LogP) is 0.304. The van der Waals surface area contributed by atoms with E-state index in [2.05, 4.69) is 26.6 Å². The molecule has 110 valence electrons. The Labute approximate surface area is 125 Å². The van der Waals surface area contributed by atoms with E-state index in [-0.39, 0.29) is 31.6 Å². The fourth-order valence-corrected chi connectivity index (χ4v) is 1.78. The fraction of sp³-hybridized carbons (Fsp3) is 0.385. The average molecular weight is 345 g/mol. The molecule has 1 aromatic rings. The van der Waals surface area contributed by atoms with Gasteiger partial charge < -0.3 is 20.5 Å². The normalized spacial score (nSPS) is 10.1. The Morgan fingerprint density at radius 1 is 1.25 bits per heavy atom. The zero-order valence-electron chi connectivity index (χ0n) is 10.9. The van der Waals surface area contributed by atoms with Crippen LogP contribution in [0.25, 0.3) is 0 Å². The van der Waals surface area contributed by atoms with E-state index in [1.54, 1.807) is 18.2 Å². The number of ether oxygens (including phenoxy) is 1. The van der Waals surface area contributed by atoms with Crippen molar-refractivity contribution in [3.8, 4) is 0 Å². The van der Waals surface area contributed by atoms with E-state index in [0.29, 0.717) is 18.7 Å². The number of carbonyl (C=O) groups excluding carboxylic acids is 2. The van der Waals surface area contributed by atoms with Crippen molar-refractivity contribution >= 4 is 27.7 Å². The minimum Gasteiger partial charge on any atom is -0.394 e. The molecule has 20 heavy (non-hydrogen) atoms. The fourth-order valence-electron chi connectivity index (χ4n) is 1.38. The second-order valence-corrected chi connectivity index (χ2v) is 4.79. The number of aliphatic hydroxyl groups is 1. The lowest BCUT2D eigenvalue weighted by Crippen LogP contribution is -2.38. The number of halogens is 1. The summed E-state index contributed by atoms with van der Waals surface area (Å²) < 4.78 is 5.79. The van der Waals surface area contributed by atoms with Gasteiger partial charge in [0.2, 0.25) is 5.91 Å². The largest absolute Gasteiger partial charge is 0.394 e. The van der Waals surface area contributed by atoms with Gasteiger partial charge in [0.1, 0.15) is 0 Å². The van der Waals surface area contributed by atoms with Gasteiger partial charge in [0, 0.05) is 16.6 Å². The summed E-state index contributed by atoms with van der Waals surface area (Å²) in [6.45, 7) is 0.773. The Hall–Kier alpha value is -1.44. The van der Waals surface area contributed by atoms with Crippen LogP contribution in [0.1, 0.15) is 10.4 Å². The number of benzene rings is 1. The topological polar surface area (TPSA) is 87.7 Å². The molecular formula is C13H17BrN2O4. The third-order valence-corrected chi connectivity index (χ3v) is 2.79. The van der Waals surface area contributed by atoms with Crippen LogP contribution >= 0.6 is 15.9 Å². The summed E-state index contributed by atoms with van der Waals surface area (Å²) in [5.74, 6) is -0.598. The average Bonchev–Trinajstić information content (AvgIpc) is 2.44. The second kappa shape index (κ2) is 9.46. The number of hydrogen-bond donors (Lipinski definition) is 3. The zero-order chi connectivity index (χ0) is 14.8. The van der Waals surface area contributed by atoms with E-state index in [1.807, 2.05) is 6.07 Å². The molecular weight excluding hydrogens is 328 g/mol. The van der Waals surface area contributed by atoms with Crippen LogP contribution in [0.4, 0.5) is 0 Å². The highest BCUT2D eigenvalue weighted by Gasteiger charge is 2.07. The summed E-state index contributed by atoms with van der Waals surface area (Å²) in [4.78, 5) is 23.2. The van der Waals surface area contributed by atoms with Crippen LogP contribution < -0.4 is 10.6 Å². The van der Waals surface area contributed by atoms with Crippen LogP contribution in [0.5, 0.6) is 0 Å². The van der Waals surface area contributed by atoms with Crippen molar-refractivity contribution in [2.45, 2.75) is 0 Å². The molecule has 0 aliphatic carbocycles. The van der Waals surface area contributed by atoms with Crippen LogP contribution in [0.15, 0.2) is 28.7 Å². The van der Waals surface area contributed by atoms with Crippen molar-refractivity contribution in [2.75, 3.05) is 32.9 Å². The van der Waals surface area contributed by atoms with Crippen molar-refractivity contribution < 1.29 is 19.4 Å². The maximum absolute atomic E-state index is 11.8. The molecule has 3 N–H and O–H groups in total. The molecule has 0 saturated heterocycles. The Morgan fingerprint density at radius 2 is 2.05 bits per heavy atom. The van der Waals surface area contributed by atoms with E-state index in [9.17, 15) is 9.59 Å². The van der Waals surface area contributed by atoms with Gasteiger partial charge in [0.05, 0.1) is 26.4 Å². The molecule has 1 aromatic carbocycles. The first kappa shape index (κ1) is 16.6. The maximum Gasteiger partial charge on any atom is 0.251 e. The molecule has 0 aliphatic rings. The van der Waals surface area contributed by atoms with Crippen molar-refractivity contribution in [1.82, 2.24) is 10.6 Å². The molecule has 1 rings (SSSR count). The molecule has 0 aliphatic heterocycles. The van der Waals surface area contributed by atoms with Crippen molar-refractivity contribution in [3.63, 3.8) is 0 Å². The number of nitrogens with one attached hydrogen (secondary N) is 2. The number of rotatable bonds is 8. The molecule has 0 radical (unpaired) electrons. The quantitative estimate of drug-likeness (QED) is 0.592. The highest BCUT2D eigenvalue weighted by atomic mass is 79.9. The first-order valence-corrected chi connectivity index (χ1v) is 6.92. The first-order chi connectivity index (χ1) is 9.63. The van der Waals surface area contributed by atoms with Gasteiger partial charge in [-0.15, -0.1) is 0 Å². The lowest BCUT2D eigenvalue weighted by molar-refractivity contribution is -0.120. The van der Waals surface area contributed by atoms with E-state index >= 15 is 0 Å². The molecule has 7 heteroatoms. The van der Waals surface area contributed by atoms with Gasteiger partial charge in [-0.3, -0.25) is 9.59 Å². The van der Waals surface area contributed by atoms with Gasteiger partial charge in [0.25, 0.3) is 5.91 Å². The molecule has 0 saturated carbocycles. The van der Waals surface area contributed by atoms with Crippen molar-refractivity contribution in [2.24, 2.45) is 0 Å². The van der Waals surface area contributed by atoms with Crippen LogP contribution in [0.2, 0.25) is 0 Å². The summed E-state index contributed by atoms with van der Waals surface area (Å²) in [6.07, 6.45) is 0. The Balaban J connectivity index is 2.22. The summed E-state index contributed by atoms with van der Waals surface area (Å²) in [6, 6.07) is 6.91. The molecule has 0 bridgehead atoms. The second-order valence-electron chi connectivity index (χ2n) is 3.88. The third-order valence-electron chi connectivity index (χ3n) is 2.30. The smallest absolute Gasteiger partial charge is 0.251 e. The lowest BCUT2D eigenvalue weighted by Gasteiger charge is -2.07. The summed E-state index contributed by atoms with van der Waals surface area (Å²) in [5, 5.41) is 13.6. The number of hydrogen-bond acceptors (Lipinski definition) is 4. The van der Waals surface area contributed by atoms with Gasteiger partial charge in [-0.2, -0.15) is 0 Å². The Morgan fingerprint density at radius 3 is 2.75 bits per heavy atom. The minimum atomic E-state index is -0.307. The predicted molar refractivity (Wildman–Crippen MR) is 77.4 cm³/mol. The van der Waals surface area contributed by atoms with Crippen LogP contribution in [-0.4, -0.2) is 49.8 Å². The molecule has 0 atom stereocenters. The monoisotopic (exact) mass is 344 g/mol. The van der Waals surface area contributed by atoms with Crippen LogP contribution in [-0.2, 0) is 9.53 Å². The van der Waals surface area contributed by atoms with Crippen molar-refractivity contribution in [1.29, 1.82) is 0 Å². The van der Waals surface area contributed by atoms with Crippen molar-refractivity contribution in [3.05, 3.63) is 34.3 Å². The molecule has 6 nitrogen and oxygen atoms in total. The van der Waals surface area contributed by atoms with Gasteiger partial charge in [0.15, 0.2) is 0 Å². The SMILES string of the molecule is O=C(CNC(=O)c1cccc(Br)c1)NCCOCCO. The van der Waals surface area contributed by atoms with Gasteiger partial charge in [-0.25, -0.2) is 0 Å². The summed E-state index contributed by atoms with van der Waals surface area (Å²) in [7, 11) is 0. The lowest BCUT2D eigenvalue weighted by atomic mass is 10.2. The minimum absolute atomic E-state index is 0.0450. The third kappa shape index (κ3) is 6.65. The Bertz CT molecular complexity index is 454. The van der Waals surface area contributed by atoms with E-state index < -0.39 is 0 Å². The summed E-state index contributed by atoms with van der Waals surface area (Å²) >= 11 is 3.27. The van der Waals surface area contributed by atoms with E-state index in [4.69, 9.17) is 9.84 Å². The molecule has 0 unspecified atom stereocenters. The molecule has 0 fully saturated rings. The first-order valence-electron chi connectivity index (χ1n) is 6.12. The number of amides is 2. The summed E-state index contributed by atoms with van der Waals surface area (Å²) in [5.41, 5.74) is 0.485. The molecule has 0 spiro atoms. The molecule has 0 aromatic heterocycles. The maximum atomic E-state index is 11.8. The Kier molecular flexibility index (Phi) is 7.86. The van der Waals surface area contributed by atoms with E-state index in [1.165, 1.54) is 0 Å². The molecule has 2 amide bonds. The highest BCUT2D eigenvalue weighted by molar-refractivity contribution is 9.10.